The molecule has 5 nitrogen and oxygen atoms in total. The average Bonchev–Trinajstić information content (AvgIpc) is 3.00. The molecule has 25 heavy (non-hydrogen) atoms. The summed E-state index contributed by atoms with van der Waals surface area (Å²) in [6.45, 7) is 7.89. The molecule has 0 aliphatic rings. The van der Waals surface area contributed by atoms with Gasteiger partial charge in [0, 0.05) is 5.56 Å². The van der Waals surface area contributed by atoms with Crippen molar-refractivity contribution in [1.29, 1.82) is 0 Å². The van der Waals surface area contributed by atoms with E-state index in [0.717, 1.165) is 28.2 Å². The molecule has 0 saturated carbocycles. The molecule has 0 radical (unpaired) electrons. The zero-order chi connectivity index (χ0) is 18.2. The van der Waals surface area contributed by atoms with E-state index in [0.29, 0.717) is 0 Å². The van der Waals surface area contributed by atoms with E-state index in [2.05, 4.69) is 11.7 Å². The molecule has 2 N–H and O–H groups in total. The summed E-state index contributed by atoms with van der Waals surface area (Å²) in [5.41, 5.74) is 5.48. The van der Waals surface area contributed by atoms with Crippen LogP contribution in [0.1, 0.15) is 18.2 Å². The molecule has 0 aliphatic carbocycles. The van der Waals surface area contributed by atoms with Crippen molar-refractivity contribution in [3.8, 4) is 16.9 Å². The predicted octanol–water partition coefficient (Wildman–Crippen LogP) is 3.53. The number of sulfonamides is 1. The van der Waals surface area contributed by atoms with E-state index < -0.39 is 10.0 Å². The van der Waals surface area contributed by atoms with Crippen molar-refractivity contribution in [2.45, 2.75) is 18.7 Å². The second-order valence-electron chi connectivity index (χ2n) is 6.01. The minimum Gasteiger partial charge on any atom is -0.232 e. The van der Waals surface area contributed by atoms with Crippen LogP contribution in [-0.2, 0) is 10.0 Å². The first-order valence-corrected chi connectivity index (χ1v) is 9.26. The van der Waals surface area contributed by atoms with Gasteiger partial charge in [0.25, 0.3) is 0 Å². The van der Waals surface area contributed by atoms with Crippen LogP contribution in [0.25, 0.3) is 22.5 Å². The Kier molecular flexibility index (Phi) is 4.32. The quantitative estimate of drug-likeness (QED) is 0.779. The number of aryl methyl sites for hydroxylation is 1. The fourth-order valence-electron chi connectivity index (χ4n) is 2.49. The van der Waals surface area contributed by atoms with Crippen LogP contribution in [0.15, 0.2) is 66.1 Å². The normalized spacial score (nSPS) is 11.5. The Labute approximate surface area is 147 Å². The Bertz CT molecular complexity index is 1030. The molecule has 3 aromatic rings. The molecule has 6 heteroatoms. The second-order valence-corrected chi connectivity index (χ2v) is 7.57. The van der Waals surface area contributed by atoms with E-state index in [1.807, 2.05) is 44.2 Å². The standard InChI is InChI=1S/C19H19N3O2S/c1-13(2)18-12-19(15-6-4-14(3)5-7-15)22(21-18)16-8-10-17(11-9-16)25(20,23)24/h4-12H,1H2,2-3H3,(H2,20,23,24). The Morgan fingerprint density at radius 1 is 1.08 bits per heavy atom. The molecule has 1 heterocycles. The summed E-state index contributed by atoms with van der Waals surface area (Å²) in [5, 5.41) is 9.77. The molecular formula is C19H19N3O2S. The summed E-state index contributed by atoms with van der Waals surface area (Å²) >= 11 is 0. The molecule has 0 atom stereocenters. The van der Waals surface area contributed by atoms with E-state index in [-0.39, 0.29) is 4.90 Å². The Morgan fingerprint density at radius 3 is 2.20 bits per heavy atom. The van der Waals surface area contributed by atoms with Crippen LogP contribution >= 0.6 is 0 Å². The molecule has 3 rings (SSSR count). The minimum atomic E-state index is -3.72. The van der Waals surface area contributed by atoms with Crippen LogP contribution in [0, 0.1) is 6.92 Å². The number of hydrogen-bond acceptors (Lipinski definition) is 3. The molecule has 0 spiro atoms. The van der Waals surface area contributed by atoms with Crippen molar-refractivity contribution in [1.82, 2.24) is 9.78 Å². The SMILES string of the molecule is C=C(C)c1cc(-c2ccc(C)cc2)n(-c2ccc(S(N)(=O)=O)cc2)n1. The maximum absolute atomic E-state index is 11.4. The van der Waals surface area contributed by atoms with Crippen molar-refractivity contribution >= 4 is 15.6 Å². The van der Waals surface area contributed by atoms with Crippen LogP contribution < -0.4 is 5.14 Å². The van der Waals surface area contributed by atoms with Gasteiger partial charge >= 0.3 is 0 Å². The molecule has 2 aromatic carbocycles. The number of nitrogens with zero attached hydrogens (tertiary/aromatic N) is 2. The first-order chi connectivity index (χ1) is 11.8. The summed E-state index contributed by atoms with van der Waals surface area (Å²) < 4.78 is 24.7. The Hall–Kier alpha value is -2.70. The zero-order valence-electron chi connectivity index (χ0n) is 14.1. The first kappa shape index (κ1) is 17.1. The van der Waals surface area contributed by atoms with E-state index >= 15 is 0 Å². The lowest BCUT2D eigenvalue weighted by Crippen LogP contribution is -2.12. The number of nitrogens with two attached hydrogens (primary N) is 1. The molecule has 128 valence electrons. The van der Waals surface area contributed by atoms with Gasteiger partial charge in [-0.15, -0.1) is 0 Å². The minimum absolute atomic E-state index is 0.0698. The van der Waals surface area contributed by atoms with Gasteiger partial charge in [-0.3, -0.25) is 0 Å². The Balaban J connectivity index is 2.14. The lowest BCUT2D eigenvalue weighted by atomic mass is 10.1. The molecular weight excluding hydrogens is 334 g/mol. The van der Waals surface area contributed by atoms with Crippen molar-refractivity contribution in [3.05, 3.63) is 72.4 Å². The topological polar surface area (TPSA) is 78.0 Å². The van der Waals surface area contributed by atoms with Crippen LogP contribution in [0.5, 0.6) is 0 Å². The monoisotopic (exact) mass is 353 g/mol. The summed E-state index contributed by atoms with van der Waals surface area (Å²) in [7, 11) is -3.72. The van der Waals surface area contributed by atoms with Gasteiger partial charge in [0.2, 0.25) is 10.0 Å². The lowest BCUT2D eigenvalue weighted by Gasteiger charge is -2.08. The van der Waals surface area contributed by atoms with Gasteiger partial charge in [-0.1, -0.05) is 36.4 Å². The fraction of sp³-hybridized carbons (Fsp3) is 0.105. The third-order valence-corrected chi connectivity index (χ3v) is 4.83. The molecule has 0 bridgehead atoms. The van der Waals surface area contributed by atoms with Crippen molar-refractivity contribution < 1.29 is 8.42 Å². The highest BCUT2D eigenvalue weighted by molar-refractivity contribution is 7.89. The highest BCUT2D eigenvalue weighted by atomic mass is 32.2. The summed E-state index contributed by atoms with van der Waals surface area (Å²) in [6.07, 6.45) is 0. The number of allylic oxidation sites excluding steroid dienone is 1. The highest BCUT2D eigenvalue weighted by Gasteiger charge is 2.13. The highest BCUT2D eigenvalue weighted by Crippen LogP contribution is 2.27. The second kappa shape index (κ2) is 6.31. The molecule has 0 saturated heterocycles. The molecule has 0 unspecified atom stereocenters. The first-order valence-electron chi connectivity index (χ1n) is 7.72. The van der Waals surface area contributed by atoms with E-state index in [9.17, 15) is 8.42 Å². The van der Waals surface area contributed by atoms with Gasteiger partial charge in [0.1, 0.15) is 0 Å². The maximum atomic E-state index is 11.4. The van der Waals surface area contributed by atoms with Crippen LogP contribution in [-0.4, -0.2) is 18.2 Å². The predicted molar refractivity (Wildman–Crippen MR) is 99.8 cm³/mol. The zero-order valence-corrected chi connectivity index (χ0v) is 14.9. The van der Waals surface area contributed by atoms with Gasteiger partial charge in [0.05, 0.1) is 22.0 Å². The van der Waals surface area contributed by atoms with Crippen LogP contribution in [0.4, 0.5) is 0 Å². The maximum Gasteiger partial charge on any atom is 0.238 e. The van der Waals surface area contributed by atoms with Gasteiger partial charge in [-0.2, -0.15) is 5.10 Å². The van der Waals surface area contributed by atoms with Gasteiger partial charge < -0.3 is 0 Å². The van der Waals surface area contributed by atoms with E-state index in [4.69, 9.17) is 5.14 Å². The average molecular weight is 353 g/mol. The number of aromatic nitrogens is 2. The number of hydrogen-bond donors (Lipinski definition) is 1. The number of primary sulfonamides is 1. The lowest BCUT2D eigenvalue weighted by molar-refractivity contribution is 0.598. The van der Waals surface area contributed by atoms with Crippen LogP contribution in [0.2, 0.25) is 0 Å². The molecule has 0 amide bonds. The van der Waals surface area contributed by atoms with Crippen LogP contribution in [0.3, 0.4) is 0 Å². The molecule has 1 aromatic heterocycles. The van der Waals surface area contributed by atoms with Gasteiger partial charge in [-0.05, 0) is 49.8 Å². The van der Waals surface area contributed by atoms with Gasteiger partial charge in [-0.25, -0.2) is 18.2 Å². The van der Waals surface area contributed by atoms with Gasteiger partial charge in [0.15, 0.2) is 0 Å². The molecule has 0 fully saturated rings. The molecule has 0 aliphatic heterocycles. The fourth-order valence-corrected chi connectivity index (χ4v) is 3.01. The van der Waals surface area contributed by atoms with E-state index in [1.54, 1.807) is 16.8 Å². The Morgan fingerprint density at radius 2 is 1.68 bits per heavy atom. The summed E-state index contributed by atoms with van der Waals surface area (Å²) in [4.78, 5) is 0.0698. The van der Waals surface area contributed by atoms with E-state index in [1.165, 1.54) is 17.7 Å². The van der Waals surface area contributed by atoms with Crippen molar-refractivity contribution in [2.75, 3.05) is 0 Å². The summed E-state index contributed by atoms with van der Waals surface area (Å²) in [5.74, 6) is 0. The van der Waals surface area contributed by atoms with Crippen molar-refractivity contribution in [3.63, 3.8) is 0 Å². The smallest absolute Gasteiger partial charge is 0.232 e. The largest absolute Gasteiger partial charge is 0.238 e. The third-order valence-electron chi connectivity index (χ3n) is 3.90. The van der Waals surface area contributed by atoms with Crippen molar-refractivity contribution in [2.24, 2.45) is 5.14 Å². The number of rotatable bonds is 4. The summed E-state index contributed by atoms with van der Waals surface area (Å²) in [6, 6.07) is 16.4. The third kappa shape index (κ3) is 3.55. The number of benzene rings is 2.